The first-order chi connectivity index (χ1) is 13.1. The molecule has 1 aromatic rings. The predicted molar refractivity (Wildman–Crippen MR) is 99.8 cm³/mol. The molecule has 0 spiro atoms. The number of unbranched alkanes of at least 4 members (excludes halogenated alkanes) is 2. The Morgan fingerprint density at radius 2 is 1.67 bits per heavy atom. The molecule has 6 nitrogen and oxygen atoms in total. The molecule has 1 aliphatic rings. The van der Waals surface area contributed by atoms with Crippen molar-refractivity contribution < 1.29 is 29.1 Å². The topological polar surface area (TPSA) is 71.1 Å². The van der Waals surface area contributed by atoms with Crippen molar-refractivity contribution in [3.8, 4) is 0 Å². The predicted octanol–water partition coefficient (Wildman–Crippen LogP) is 5.54. The normalized spacial score (nSPS) is 19.3. The molecule has 0 aliphatic heterocycles. The molecule has 0 amide bonds. The Balaban J connectivity index is 1.64. The number of hydrogen-bond acceptors (Lipinski definition) is 6. The van der Waals surface area contributed by atoms with Crippen molar-refractivity contribution in [2.24, 2.45) is 5.92 Å². The first kappa shape index (κ1) is 21.2. The van der Waals surface area contributed by atoms with Gasteiger partial charge in [0.25, 0.3) is 0 Å². The highest BCUT2D eigenvalue weighted by atomic mass is 17.5. The van der Waals surface area contributed by atoms with E-state index in [2.05, 4.69) is 28.7 Å². The van der Waals surface area contributed by atoms with Gasteiger partial charge in [0.05, 0.1) is 10.6 Å². The number of rotatable bonds is 9. The van der Waals surface area contributed by atoms with Crippen molar-refractivity contribution in [2.75, 3.05) is 0 Å². The minimum absolute atomic E-state index is 0.167. The lowest BCUT2D eigenvalue weighted by Gasteiger charge is -2.26. The minimum Gasteiger partial charge on any atom is -0.429 e. The second kappa shape index (κ2) is 11.6. The van der Waals surface area contributed by atoms with Crippen LogP contribution in [0.25, 0.3) is 0 Å². The van der Waals surface area contributed by atoms with Crippen LogP contribution in [0.4, 0.5) is 4.79 Å². The Labute approximate surface area is 161 Å². The zero-order valence-corrected chi connectivity index (χ0v) is 16.3. The Hall–Kier alpha value is -2.08. The van der Waals surface area contributed by atoms with Gasteiger partial charge in [0.1, 0.15) is 6.10 Å². The summed E-state index contributed by atoms with van der Waals surface area (Å²) in [5, 5.41) is 4.28. The highest BCUT2D eigenvalue weighted by Crippen LogP contribution is 2.28. The molecule has 0 bridgehead atoms. The van der Waals surface area contributed by atoms with Crippen molar-refractivity contribution in [1.29, 1.82) is 0 Å². The van der Waals surface area contributed by atoms with E-state index in [0.717, 1.165) is 44.9 Å². The highest BCUT2D eigenvalue weighted by molar-refractivity contribution is 5.88. The van der Waals surface area contributed by atoms with Gasteiger partial charge in [0, 0.05) is 0 Å². The fraction of sp³-hybridized carbons (Fsp3) is 0.619. The number of hydrogen-bond donors (Lipinski definition) is 0. The first-order valence-electron chi connectivity index (χ1n) is 9.97. The lowest BCUT2D eigenvalue weighted by atomic mass is 9.86. The van der Waals surface area contributed by atoms with Crippen LogP contribution in [0.15, 0.2) is 24.3 Å². The van der Waals surface area contributed by atoms with Gasteiger partial charge in [-0.1, -0.05) is 45.2 Å². The fourth-order valence-electron chi connectivity index (χ4n) is 3.32. The molecule has 2 rings (SSSR count). The maximum atomic E-state index is 11.9. The summed E-state index contributed by atoms with van der Waals surface area (Å²) in [6, 6.07) is 7.09. The Kier molecular flexibility index (Phi) is 9.11. The van der Waals surface area contributed by atoms with Crippen molar-refractivity contribution in [1.82, 2.24) is 0 Å². The lowest BCUT2D eigenvalue weighted by molar-refractivity contribution is -0.453. The van der Waals surface area contributed by atoms with Gasteiger partial charge < -0.3 is 4.74 Å². The summed E-state index contributed by atoms with van der Waals surface area (Å²) in [7, 11) is 0. The van der Waals surface area contributed by atoms with Crippen LogP contribution in [0.2, 0.25) is 0 Å². The largest absolute Gasteiger partial charge is 0.543 e. The number of ether oxygens (including phenoxy) is 1. The molecule has 1 aromatic carbocycles. The average molecular weight is 378 g/mol. The molecule has 0 atom stereocenters. The average Bonchev–Trinajstić information content (AvgIpc) is 2.69. The van der Waals surface area contributed by atoms with Crippen LogP contribution >= 0.6 is 0 Å². The van der Waals surface area contributed by atoms with E-state index in [4.69, 9.17) is 4.74 Å². The number of carbonyl (C=O) groups is 2. The molecule has 0 unspecified atom stereocenters. The van der Waals surface area contributed by atoms with E-state index in [1.807, 2.05) is 12.1 Å². The van der Waals surface area contributed by atoms with Crippen molar-refractivity contribution in [2.45, 2.75) is 77.7 Å². The van der Waals surface area contributed by atoms with Gasteiger partial charge >= 0.3 is 12.1 Å². The third-order valence-electron chi connectivity index (χ3n) is 5.10. The summed E-state index contributed by atoms with van der Waals surface area (Å²) in [6.07, 6.45) is 8.17. The molecule has 0 saturated heterocycles. The molecule has 150 valence electrons. The Bertz CT molecular complexity index is 575. The third kappa shape index (κ3) is 7.59. The van der Waals surface area contributed by atoms with E-state index in [-0.39, 0.29) is 6.10 Å². The van der Waals surface area contributed by atoms with Crippen molar-refractivity contribution >= 4 is 12.1 Å². The molecule has 0 N–H and O–H groups in total. The van der Waals surface area contributed by atoms with Gasteiger partial charge in [-0.2, -0.15) is 0 Å². The maximum Gasteiger partial charge on any atom is 0.543 e. The molecular formula is C21H30O6. The molecule has 6 heteroatoms. The molecule has 1 aliphatic carbocycles. The second-order valence-electron chi connectivity index (χ2n) is 7.10. The van der Waals surface area contributed by atoms with Gasteiger partial charge in [-0.25, -0.2) is 14.5 Å². The van der Waals surface area contributed by atoms with E-state index in [0.29, 0.717) is 11.5 Å². The smallest absolute Gasteiger partial charge is 0.429 e. The van der Waals surface area contributed by atoms with Crippen LogP contribution in [-0.4, -0.2) is 18.2 Å². The summed E-state index contributed by atoms with van der Waals surface area (Å²) < 4.78 is 5.16. The zero-order valence-electron chi connectivity index (χ0n) is 16.3. The van der Waals surface area contributed by atoms with E-state index in [9.17, 15) is 9.59 Å². The fourth-order valence-corrected chi connectivity index (χ4v) is 3.32. The van der Waals surface area contributed by atoms with Gasteiger partial charge in [-0.3, -0.25) is 4.89 Å². The SMILES string of the molecule is CCCCCc1ccc(C(=O)OOOC(=O)OC2CCC(CC)CC2)cc1. The molecule has 0 heterocycles. The molecule has 1 fully saturated rings. The maximum absolute atomic E-state index is 11.9. The summed E-state index contributed by atoms with van der Waals surface area (Å²) in [5.74, 6) is -0.0255. The van der Waals surface area contributed by atoms with E-state index in [1.165, 1.54) is 18.4 Å². The van der Waals surface area contributed by atoms with Crippen molar-refractivity contribution in [3.63, 3.8) is 0 Å². The van der Waals surface area contributed by atoms with Crippen LogP contribution in [0.5, 0.6) is 0 Å². The highest BCUT2D eigenvalue weighted by Gasteiger charge is 2.24. The van der Waals surface area contributed by atoms with E-state index >= 15 is 0 Å². The standard InChI is InChI=1S/C21H30O6/c1-3-5-6-7-17-8-12-18(13-9-17)20(22)25-27-26-21(23)24-19-14-10-16(4-2)11-15-19/h8-9,12-13,16,19H,3-7,10-11,14-15H2,1-2H3. The van der Waals surface area contributed by atoms with Crippen molar-refractivity contribution in [3.05, 3.63) is 35.4 Å². The summed E-state index contributed by atoms with van der Waals surface area (Å²) in [6.45, 7) is 4.33. The second-order valence-corrected chi connectivity index (χ2v) is 7.10. The molecule has 0 radical (unpaired) electrons. The third-order valence-corrected chi connectivity index (χ3v) is 5.10. The number of aryl methyl sites for hydroxylation is 1. The Morgan fingerprint density at radius 1 is 0.963 bits per heavy atom. The van der Waals surface area contributed by atoms with Gasteiger partial charge in [0.15, 0.2) is 0 Å². The Morgan fingerprint density at radius 3 is 2.30 bits per heavy atom. The summed E-state index contributed by atoms with van der Waals surface area (Å²) in [5.41, 5.74) is 1.49. The van der Waals surface area contributed by atoms with E-state index in [1.54, 1.807) is 12.1 Å². The van der Waals surface area contributed by atoms with Crippen LogP contribution in [-0.2, 0) is 26.0 Å². The molecular weight excluding hydrogens is 348 g/mol. The van der Waals surface area contributed by atoms with E-state index < -0.39 is 12.1 Å². The lowest BCUT2D eigenvalue weighted by Crippen LogP contribution is -2.25. The van der Waals surface area contributed by atoms with Gasteiger partial charge in [-0.05, 0) is 62.1 Å². The monoisotopic (exact) mass is 378 g/mol. The quantitative estimate of drug-likeness (QED) is 0.243. The first-order valence-corrected chi connectivity index (χ1v) is 9.97. The molecule has 1 saturated carbocycles. The van der Waals surface area contributed by atoms with Crippen LogP contribution in [0.1, 0.15) is 81.1 Å². The summed E-state index contributed by atoms with van der Waals surface area (Å²) in [4.78, 5) is 32.3. The number of benzene rings is 1. The van der Waals surface area contributed by atoms with Gasteiger partial charge in [-0.15, -0.1) is 0 Å². The molecule has 27 heavy (non-hydrogen) atoms. The van der Waals surface area contributed by atoms with Crippen LogP contribution < -0.4 is 0 Å². The van der Waals surface area contributed by atoms with Crippen LogP contribution in [0, 0.1) is 5.92 Å². The van der Waals surface area contributed by atoms with Gasteiger partial charge in [0.2, 0.25) is 0 Å². The zero-order chi connectivity index (χ0) is 19.5. The van der Waals surface area contributed by atoms with Crippen LogP contribution in [0.3, 0.4) is 0 Å². The molecule has 0 aromatic heterocycles. The minimum atomic E-state index is -0.992. The number of carbonyl (C=O) groups excluding carboxylic acids is 2. The summed E-state index contributed by atoms with van der Waals surface area (Å²) >= 11 is 0.